The normalized spacial score (nSPS) is 41.5. The van der Waals surface area contributed by atoms with Crippen LogP contribution in [0.3, 0.4) is 0 Å². The molecule has 8 heavy (non-hydrogen) atoms. The van der Waals surface area contributed by atoms with Crippen molar-refractivity contribution < 1.29 is 9.59 Å². The summed E-state index contributed by atoms with van der Waals surface area (Å²) in [4.78, 5) is 20.9. The Kier molecular flexibility index (Phi) is 0.477. The van der Waals surface area contributed by atoms with Gasteiger partial charge in [0.2, 0.25) is 5.91 Å². The number of fused-ring (bicyclic) bond motifs is 1. The first kappa shape index (κ1) is 4.06. The molecule has 2 fully saturated rings. The van der Waals surface area contributed by atoms with E-state index < -0.39 is 0 Å². The van der Waals surface area contributed by atoms with Crippen molar-refractivity contribution in [1.82, 2.24) is 5.32 Å². The fourth-order valence-electron chi connectivity index (χ4n) is 1.14. The van der Waals surface area contributed by atoms with E-state index in [1.165, 1.54) is 0 Å². The first-order chi connectivity index (χ1) is 3.80. The Balaban J connectivity index is 2.29. The zero-order valence-electron chi connectivity index (χ0n) is 4.18. The van der Waals surface area contributed by atoms with Crippen LogP contribution in [0.4, 0.5) is 0 Å². The van der Waals surface area contributed by atoms with Crippen LogP contribution in [0, 0.1) is 11.8 Å². The van der Waals surface area contributed by atoms with Gasteiger partial charge in [-0.05, 0) is 0 Å². The zero-order valence-corrected chi connectivity index (χ0v) is 4.18. The molecule has 1 aliphatic heterocycles. The number of Topliss-reactive ketones (excluding diaryl/α,β-unsaturated/α-hetero) is 1. The molecule has 1 N–H and O–H groups in total. The standard InChI is InChI=1S/C5H5NO2/c7-4-2-1-6-5(8)3(2)4/h2-3H,1H2,(H,6,8). The van der Waals surface area contributed by atoms with E-state index in [-0.39, 0.29) is 23.5 Å². The molecule has 2 aliphatic rings. The zero-order chi connectivity index (χ0) is 5.72. The Morgan fingerprint density at radius 2 is 2.25 bits per heavy atom. The maximum atomic E-state index is 10.5. The SMILES string of the molecule is O=C1NCC2C(=O)C12. The number of nitrogens with one attached hydrogen (secondary N) is 1. The third kappa shape index (κ3) is 0.268. The number of piperidine rings is 1. The summed E-state index contributed by atoms with van der Waals surface area (Å²) in [6, 6.07) is 0. The van der Waals surface area contributed by atoms with E-state index in [4.69, 9.17) is 0 Å². The number of hydrogen-bond donors (Lipinski definition) is 1. The van der Waals surface area contributed by atoms with Gasteiger partial charge in [-0.25, -0.2) is 0 Å². The Labute approximate surface area is 46.1 Å². The Morgan fingerprint density at radius 3 is 2.50 bits per heavy atom. The minimum absolute atomic E-state index is 0.0579. The lowest BCUT2D eigenvalue weighted by molar-refractivity contribution is -0.124. The van der Waals surface area contributed by atoms with E-state index in [0.717, 1.165) is 0 Å². The molecule has 1 heterocycles. The van der Waals surface area contributed by atoms with Gasteiger partial charge in [-0.3, -0.25) is 9.59 Å². The van der Waals surface area contributed by atoms with Crippen molar-refractivity contribution in [3.05, 3.63) is 0 Å². The van der Waals surface area contributed by atoms with Gasteiger partial charge in [-0.2, -0.15) is 0 Å². The maximum Gasteiger partial charge on any atom is 0.231 e. The van der Waals surface area contributed by atoms with Crippen LogP contribution in [0.1, 0.15) is 0 Å². The molecule has 0 aromatic rings. The van der Waals surface area contributed by atoms with E-state index in [9.17, 15) is 9.59 Å². The van der Waals surface area contributed by atoms with Crippen molar-refractivity contribution >= 4 is 11.7 Å². The van der Waals surface area contributed by atoms with E-state index in [0.29, 0.717) is 6.54 Å². The minimum Gasteiger partial charge on any atom is -0.355 e. The molecule has 1 aliphatic carbocycles. The van der Waals surface area contributed by atoms with E-state index in [1.807, 2.05) is 0 Å². The molecular weight excluding hydrogens is 106 g/mol. The molecule has 0 spiro atoms. The van der Waals surface area contributed by atoms with Gasteiger partial charge in [0.15, 0.2) is 5.78 Å². The maximum absolute atomic E-state index is 10.5. The van der Waals surface area contributed by atoms with Crippen LogP contribution in [0.5, 0.6) is 0 Å². The van der Waals surface area contributed by atoms with Gasteiger partial charge in [-0.1, -0.05) is 0 Å². The lowest BCUT2D eigenvalue weighted by atomic mass is 10.4. The summed E-state index contributed by atoms with van der Waals surface area (Å²) in [6.07, 6.45) is 0. The highest BCUT2D eigenvalue weighted by atomic mass is 16.2. The van der Waals surface area contributed by atoms with Crippen LogP contribution in [-0.2, 0) is 9.59 Å². The highest BCUT2D eigenvalue weighted by Gasteiger charge is 2.58. The molecule has 2 rings (SSSR count). The van der Waals surface area contributed by atoms with Crippen molar-refractivity contribution in [3.8, 4) is 0 Å². The number of carbonyl (C=O) groups excluding carboxylic acids is 2. The van der Waals surface area contributed by atoms with Gasteiger partial charge >= 0.3 is 0 Å². The van der Waals surface area contributed by atoms with Crippen LogP contribution in [0.2, 0.25) is 0 Å². The number of carbonyl (C=O) groups is 2. The fraction of sp³-hybridized carbons (Fsp3) is 0.600. The molecule has 0 aromatic carbocycles. The summed E-state index contributed by atoms with van der Waals surface area (Å²) in [7, 11) is 0. The van der Waals surface area contributed by atoms with E-state index >= 15 is 0 Å². The van der Waals surface area contributed by atoms with Crippen LogP contribution in [-0.4, -0.2) is 18.2 Å². The lowest BCUT2D eigenvalue weighted by Crippen LogP contribution is -2.21. The summed E-state index contributed by atoms with van der Waals surface area (Å²) >= 11 is 0. The molecule has 1 saturated carbocycles. The van der Waals surface area contributed by atoms with Gasteiger partial charge in [0.1, 0.15) is 5.92 Å². The summed E-state index contributed by atoms with van der Waals surface area (Å²) in [5.41, 5.74) is 0. The molecule has 0 radical (unpaired) electrons. The minimum atomic E-state index is -0.241. The molecule has 3 heteroatoms. The second kappa shape index (κ2) is 0.940. The molecule has 3 nitrogen and oxygen atoms in total. The average molecular weight is 111 g/mol. The van der Waals surface area contributed by atoms with Crippen LogP contribution >= 0.6 is 0 Å². The first-order valence-electron chi connectivity index (χ1n) is 2.62. The Bertz CT molecular complexity index is 175. The monoisotopic (exact) mass is 111 g/mol. The molecule has 1 amide bonds. The molecule has 42 valence electrons. The molecule has 1 saturated heterocycles. The predicted molar refractivity (Wildman–Crippen MR) is 25.0 cm³/mol. The highest BCUT2D eigenvalue weighted by molar-refractivity contribution is 6.18. The number of ketones is 1. The predicted octanol–water partition coefficient (Wildman–Crippen LogP) is -1.07. The van der Waals surface area contributed by atoms with Crippen LogP contribution in [0.15, 0.2) is 0 Å². The smallest absolute Gasteiger partial charge is 0.231 e. The topological polar surface area (TPSA) is 46.2 Å². The van der Waals surface area contributed by atoms with Gasteiger partial charge in [0.05, 0.1) is 5.92 Å². The van der Waals surface area contributed by atoms with E-state index in [1.54, 1.807) is 0 Å². The van der Waals surface area contributed by atoms with Gasteiger partial charge in [0.25, 0.3) is 0 Å². The van der Waals surface area contributed by atoms with Gasteiger partial charge in [0, 0.05) is 6.54 Å². The Hall–Kier alpha value is -0.860. The van der Waals surface area contributed by atoms with Crippen molar-refractivity contribution in [2.24, 2.45) is 11.8 Å². The largest absolute Gasteiger partial charge is 0.355 e. The second-order valence-electron chi connectivity index (χ2n) is 2.23. The molecule has 2 atom stereocenters. The molecule has 0 aromatic heterocycles. The molecular formula is C5H5NO2. The highest BCUT2D eigenvalue weighted by Crippen LogP contribution is 2.36. The summed E-state index contributed by atoms with van der Waals surface area (Å²) in [6.45, 7) is 0.586. The van der Waals surface area contributed by atoms with Crippen molar-refractivity contribution in [3.63, 3.8) is 0 Å². The van der Waals surface area contributed by atoms with Gasteiger partial charge in [-0.15, -0.1) is 0 Å². The van der Waals surface area contributed by atoms with Crippen molar-refractivity contribution in [2.75, 3.05) is 6.54 Å². The third-order valence-corrected chi connectivity index (χ3v) is 1.74. The average Bonchev–Trinajstić information content (AvgIpc) is 2.13. The fourth-order valence-corrected chi connectivity index (χ4v) is 1.14. The van der Waals surface area contributed by atoms with Crippen molar-refractivity contribution in [2.45, 2.75) is 0 Å². The summed E-state index contributed by atoms with van der Waals surface area (Å²) in [5, 5.41) is 2.59. The van der Waals surface area contributed by atoms with Crippen LogP contribution in [0.25, 0.3) is 0 Å². The first-order valence-corrected chi connectivity index (χ1v) is 2.62. The number of rotatable bonds is 0. The van der Waals surface area contributed by atoms with E-state index in [2.05, 4.69) is 5.32 Å². The second-order valence-corrected chi connectivity index (χ2v) is 2.23. The molecule has 0 bridgehead atoms. The summed E-state index contributed by atoms with van der Waals surface area (Å²) in [5.74, 6) is -0.119. The third-order valence-electron chi connectivity index (χ3n) is 1.74. The quantitative estimate of drug-likeness (QED) is 0.405. The number of amides is 1. The van der Waals surface area contributed by atoms with Gasteiger partial charge < -0.3 is 5.32 Å². The van der Waals surface area contributed by atoms with Crippen LogP contribution < -0.4 is 5.32 Å². The Morgan fingerprint density at radius 1 is 1.50 bits per heavy atom. The molecule has 2 unspecified atom stereocenters. The summed E-state index contributed by atoms with van der Waals surface area (Å²) < 4.78 is 0. The number of hydrogen-bond acceptors (Lipinski definition) is 2. The van der Waals surface area contributed by atoms with Crippen molar-refractivity contribution in [1.29, 1.82) is 0 Å². The lowest BCUT2D eigenvalue weighted by Gasteiger charge is -1.89.